The summed E-state index contributed by atoms with van der Waals surface area (Å²) >= 11 is 5.79. The molecular weight excluding hydrogens is 254 g/mol. The zero-order chi connectivity index (χ0) is 13.1. The molecule has 0 spiro atoms. The SMILES string of the molecule is CC(C)n1cnnc1CNc1cc(Cl)nc(N)n1. The van der Waals surface area contributed by atoms with Gasteiger partial charge >= 0.3 is 0 Å². The van der Waals surface area contributed by atoms with Gasteiger partial charge in [-0.05, 0) is 13.8 Å². The van der Waals surface area contributed by atoms with Crippen LogP contribution in [0.25, 0.3) is 0 Å². The first-order valence-corrected chi connectivity index (χ1v) is 5.86. The van der Waals surface area contributed by atoms with Crippen molar-refractivity contribution in [1.29, 1.82) is 0 Å². The van der Waals surface area contributed by atoms with E-state index in [4.69, 9.17) is 17.3 Å². The van der Waals surface area contributed by atoms with E-state index in [1.165, 1.54) is 0 Å². The summed E-state index contributed by atoms with van der Waals surface area (Å²) in [5.74, 6) is 1.51. The van der Waals surface area contributed by atoms with E-state index in [0.717, 1.165) is 5.82 Å². The lowest BCUT2D eigenvalue weighted by molar-refractivity contribution is 0.572. The van der Waals surface area contributed by atoms with Crippen molar-refractivity contribution < 1.29 is 0 Å². The monoisotopic (exact) mass is 267 g/mol. The van der Waals surface area contributed by atoms with Crippen LogP contribution in [-0.4, -0.2) is 24.7 Å². The lowest BCUT2D eigenvalue weighted by atomic mass is 10.4. The lowest BCUT2D eigenvalue weighted by Crippen LogP contribution is -2.11. The van der Waals surface area contributed by atoms with Crippen LogP contribution < -0.4 is 11.1 Å². The van der Waals surface area contributed by atoms with Gasteiger partial charge in [0.05, 0.1) is 6.54 Å². The van der Waals surface area contributed by atoms with Gasteiger partial charge in [0.25, 0.3) is 0 Å². The average Bonchev–Trinajstić information content (AvgIpc) is 2.73. The van der Waals surface area contributed by atoms with Gasteiger partial charge in [0, 0.05) is 12.1 Å². The topological polar surface area (TPSA) is 94.5 Å². The molecule has 2 heterocycles. The maximum atomic E-state index is 5.79. The molecule has 7 nitrogen and oxygen atoms in total. The van der Waals surface area contributed by atoms with E-state index in [-0.39, 0.29) is 5.95 Å². The summed E-state index contributed by atoms with van der Waals surface area (Å²) in [6.07, 6.45) is 1.70. The smallest absolute Gasteiger partial charge is 0.223 e. The fourth-order valence-corrected chi connectivity index (χ4v) is 1.71. The number of aromatic nitrogens is 5. The molecule has 3 N–H and O–H groups in total. The molecule has 96 valence electrons. The van der Waals surface area contributed by atoms with Gasteiger partial charge in [-0.1, -0.05) is 11.6 Å². The Hall–Kier alpha value is -1.89. The summed E-state index contributed by atoms with van der Waals surface area (Å²) in [6, 6.07) is 1.91. The third kappa shape index (κ3) is 2.86. The number of rotatable bonds is 4. The molecule has 2 aromatic heterocycles. The van der Waals surface area contributed by atoms with Gasteiger partial charge in [0.1, 0.15) is 17.3 Å². The van der Waals surface area contributed by atoms with Gasteiger partial charge in [-0.15, -0.1) is 10.2 Å². The molecule has 0 aliphatic rings. The molecule has 0 bridgehead atoms. The first kappa shape index (κ1) is 12.6. The first-order valence-electron chi connectivity index (χ1n) is 5.48. The van der Waals surface area contributed by atoms with Crippen LogP contribution in [0.1, 0.15) is 25.7 Å². The molecule has 8 heteroatoms. The van der Waals surface area contributed by atoms with Gasteiger partial charge < -0.3 is 15.6 Å². The quantitative estimate of drug-likeness (QED) is 0.815. The van der Waals surface area contributed by atoms with Crippen LogP contribution in [0.4, 0.5) is 11.8 Å². The Balaban J connectivity index is 2.09. The van der Waals surface area contributed by atoms with Crippen molar-refractivity contribution in [2.45, 2.75) is 26.4 Å². The lowest BCUT2D eigenvalue weighted by Gasteiger charge is -2.11. The van der Waals surface area contributed by atoms with Gasteiger partial charge in [0.15, 0.2) is 5.82 Å². The van der Waals surface area contributed by atoms with Crippen molar-refractivity contribution in [3.63, 3.8) is 0 Å². The van der Waals surface area contributed by atoms with Crippen LogP contribution in [0.2, 0.25) is 5.15 Å². The third-order valence-corrected chi connectivity index (χ3v) is 2.54. The van der Waals surface area contributed by atoms with Crippen molar-refractivity contribution >= 4 is 23.4 Å². The highest BCUT2D eigenvalue weighted by molar-refractivity contribution is 6.29. The van der Waals surface area contributed by atoms with E-state index in [1.54, 1.807) is 12.4 Å². The fraction of sp³-hybridized carbons (Fsp3) is 0.400. The predicted molar refractivity (Wildman–Crippen MR) is 69.2 cm³/mol. The molecule has 0 amide bonds. The summed E-state index contributed by atoms with van der Waals surface area (Å²) in [6.45, 7) is 4.61. The Morgan fingerprint density at radius 1 is 1.44 bits per heavy atom. The van der Waals surface area contributed by atoms with Crippen molar-refractivity contribution in [3.8, 4) is 0 Å². The molecule has 0 saturated carbocycles. The number of nitrogen functional groups attached to an aromatic ring is 1. The van der Waals surface area contributed by atoms with Crippen molar-refractivity contribution in [1.82, 2.24) is 24.7 Å². The third-order valence-electron chi connectivity index (χ3n) is 2.34. The van der Waals surface area contributed by atoms with Crippen LogP contribution in [0, 0.1) is 0 Å². The summed E-state index contributed by atoms with van der Waals surface area (Å²) in [5.41, 5.74) is 5.51. The minimum absolute atomic E-state index is 0.135. The van der Waals surface area contributed by atoms with Crippen LogP contribution in [-0.2, 0) is 6.54 Å². The average molecular weight is 268 g/mol. The minimum Gasteiger partial charge on any atom is -0.368 e. The summed E-state index contributed by atoms with van der Waals surface area (Å²) in [7, 11) is 0. The normalized spacial score (nSPS) is 10.9. The summed E-state index contributed by atoms with van der Waals surface area (Å²) in [4.78, 5) is 7.81. The largest absolute Gasteiger partial charge is 0.368 e. The van der Waals surface area contributed by atoms with Crippen LogP contribution in [0.3, 0.4) is 0 Å². The minimum atomic E-state index is 0.135. The van der Waals surface area contributed by atoms with Crippen LogP contribution >= 0.6 is 11.6 Å². The zero-order valence-electron chi connectivity index (χ0n) is 10.1. The van der Waals surface area contributed by atoms with Gasteiger partial charge in [0.2, 0.25) is 5.95 Å². The number of anilines is 2. The molecule has 18 heavy (non-hydrogen) atoms. The van der Waals surface area contributed by atoms with E-state index in [0.29, 0.717) is 23.6 Å². The highest BCUT2D eigenvalue weighted by atomic mass is 35.5. The number of nitrogens with one attached hydrogen (secondary N) is 1. The van der Waals surface area contributed by atoms with E-state index < -0.39 is 0 Å². The number of nitrogens with zero attached hydrogens (tertiary/aromatic N) is 5. The molecule has 2 aromatic rings. The molecular formula is C10H14ClN7. The Kier molecular flexibility index (Phi) is 3.61. The molecule has 0 saturated heterocycles. The van der Waals surface area contributed by atoms with Gasteiger partial charge in [-0.2, -0.15) is 4.98 Å². The molecule has 0 radical (unpaired) electrons. The Morgan fingerprint density at radius 2 is 2.22 bits per heavy atom. The van der Waals surface area contributed by atoms with Crippen molar-refractivity contribution in [2.24, 2.45) is 0 Å². The van der Waals surface area contributed by atoms with Gasteiger partial charge in [-0.3, -0.25) is 0 Å². The number of halogens is 1. The second kappa shape index (κ2) is 5.18. The van der Waals surface area contributed by atoms with E-state index in [9.17, 15) is 0 Å². The molecule has 0 aromatic carbocycles. The van der Waals surface area contributed by atoms with E-state index in [1.807, 2.05) is 4.57 Å². The van der Waals surface area contributed by atoms with Crippen LogP contribution in [0.15, 0.2) is 12.4 Å². The summed E-state index contributed by atoms with van der Waals surface area (Å²) in [5, 5.41) is 11.3. The second-order valence-corrected chi connectivity index (χ2v) is 4.42. The molecule has 0 unspecified atom stereocenters. The molecule has 2 rings (SSSR count). The molecule has 0 aliphatic carbocycles. The first-order chi connectivity index (χ1) is 8.56. The number of nitrogens with two attached hydrogens (primary N) is 1. The van der Waals surface area contributed by atoms with Gasteiger partial charge in [-0.25, -0.2) is 4.98 Å². The molecule has 0 fully saturated rings. The van der Waals surface area contributed by atoms with E-state index >= 15 is 0 Å². The maximum Gasteiger partial charge on any atom is 0.223 e. The second-order valence-electron chi connectivity index (χ2n) is 4.04. The maximum absolute atomic E-state index is 5.79. The zero-order valence-corrected chi connectivity index (χ0v) is 10.9. The Morgan fingerprint density at radius 3 is 2.89 bits per heavy atom. The van der Waals surface area contributed by atoms with Crippen molar-refractivity contribution in [3.05, 3.63) is 23.4 Å². The number of hydrogen-bond donors (Lipinski definition) is 2. The molecule has 0 atom stereocenters. The predicted octanol–water partition coefficient (Wildman–Crippen LogP) is 1.50. The Bertz CT molecular complexity index is 517. The Labute approximate surface area is 109 Å². The summed E-state index contributed by atoms with van der Waals surface area (Å²) < 4.78 is 1.97. The fourth-order valence-electron chi connectivity index (χ4n) is 1.52. The highest BCUT2D eigenvalue weighted by Gasteiger charge is 2.07. The van der Waals surface area contributed by atoms with Crippen molar-refractivity contribution in [2.75, 3.05) is 11.1 Å². The number of hydrogen-bond acceptors (Lipinski definition) is 6. The van der Waals surface area contributed by atoms with Crippen LogP contribution in [0.5, 0.6) is 0 Å². The van der Waals surface area contributed by atoms with E-state index in [2.05, 4.69) is 39.3 Å². The standard InChI is InChI=1S/C10H14ClN7/c1-6(2)18-5-14-17-9(18)4-13-8-3-7(11)15-10(12)16-8/h3,5-6H,4H2,1-2H3,(H3,12,13,15,16). The molecule has 0 aliphatic heterocycles. The highest BCUT2D eigenvalue weighted by Crippen LogP contribution is 2.14.